The molecule has 0 saturated carbocycles. The van der Waals surface area contributed by atoms with E-state index in [2.05, 4.69) is 26.0 Å². The minimum absolute atomic E-state index is 0.127. The maximum atomic E-state index is 12.5. The van der Waals surface area contributed by atoms with Crippen molar-refractivity contribution in [3.8, 4) is 0 Å². The Kier molecular flexibility index (Phi) is 5.67. The third kappa shape index (κ3) is 4.25. The van der Waals surface area contributed by atoms with Crippen LogP contribution < -0.4 is 10.6 Å². The molecule has 1 aromatic heterocycles. The van der Waals surface area contributed by atoms with Crippen LogP contribution in [0, 0.1) is 0 Å². The Labute approximate surface area is 120 Å². The van der Waals surface area contributed by atoms with Crippen molar-refractivity contribution in [2.45, 2.75) is 12.6 Å². The molecule has 1 aromatic carbocycles. The molecule has 2 rings (SSSR count). The first-order valence-corrected chi connectivity index (χ1v) is 6.40. The second-order valence-electron chi connectivity index (χ2n) is 4.20. The summed E-state index contributed by atoms with van der Waals surface area (Å²) in [6.45, 7) is -1.93. The number of aliphatic hydroxyl groups is 1. The van der Waals surface area contributed by atoms with E-state index in [1.807, 2.05) is 30.3 Å². The Morgan fingerprint density at radius 1 is 1.19 bits per heavy atom. The Balaban J connectivity index is 2.14. The van der Waals surface area contributed by atoms with E-state index in [0.717, 1.165) is 5.56 Å². The average molecular weight is 298 g/mol. The van der Waals surface area contributed by atoms with Gasteiger partial charge in [-0.1, -0.05) is 35.1 Å². The summed E-state index contributed by atoms with van der Waals surface area (Å²) in [5.41, 5.74) is 0.843. The molecular formula is C12H16F2N6O. The van der Waals surface area contributed by atoms with Crippen LogP contribution in [0.25, 0.3) is 0 Å². The van der Waals surface area contributed by atoms with Gasteiger partial charge in [-0.3, -0.25) is 5.32 Å². The first kappa shape index (κ1) is 15.4. The lowest BCUT2D eigenvalue weighted by Crippen LogP contribution is -2.31. The third-order valence-corrected chi connectivity index (χ3v) is 2.77. The van der Waals surface area contributed by atoms with Gasteiger partial charge in [0.2, 0.25) is 0 Å². The fourth-order valence-electron chi connectivity index (χ4n) is 1.82. The normalized spacial score (nSPS) is 12.8. The van der Waals surface area contributed by atoms with Gasteiger partial charge in [0.15, 0.2) is 5.82 Å². The molecule has 21 heavy (non-hydrogen) atoms. The smallest absolute Gasteiger partial charge is 0.350 e. The van der Waals surface area contributed by atoms with E-state index in [4.69, 9.17) is 5.11 Å². The Morgan fingerprint density at radius 3 is 2.57 bits per heavy atom. The molecule has 0 aliphatic carbocycles. The summed E-state index contributed by atoms with van der Waals surface area (Å²) in [7, 11) is 0. The summed E-state index contributed by atoms with van der Waals surface area (Å²) < 4.78 is 25.1. The van der Waals surface area contributed by atoms with E-state index in [-0.39, 0.29) is 17.4 Å². The van der Waals surface area contributed by atoms with Crippen LogP contribution in [0.3, 0.4) is 0 Å². The predicted molar refractivity (Wildman–Crippen MR) is 70.4 cm³/mol. The summed E-state index contributed by atoms with van der Waals surface area (Å²) in [6, 6.07) is 8.79. The summed E-state index contributed by atoms with van der Waals surface area (Å²) in [6.07, 6.45) is 0. The maximum absolute atomic E-state index is 12.5. The molecule has 7 nitrogen and oxygen atoms in total. The van der Waals surface area contributed by atoms with Gasteiger partial charge in [0.05, 0.1) is 12.8 Å². The van der Waals surface area contributed by atoms with E-state index in [9.17, 15) is 8.78 Å². The molecule has 0 saturated heterocycles. The molecule has 2 aromatic rings. The van der Waals surface area contributed by atoms with Crippen molar-refractivity contribution in [1.82, 2.24) is 30.8 Å². The SMILES string of the molecule is OCNCCNC(c1ccccc1)c1nnn(C(F)F)n1. The van der Waals surface area contributed by atoms with Crippen LogP contribution in [-0.2, 0) is 0 Å². The van der Waals surface area contributed by atoms with Crippen molar-refractivity contribution < 1.29 is 13.9 Å². The molecule has 0 bridgehead atoms. The number of hydrogen-bond acceptors (Lipinski definition) is 6. The number of nitrogens with zero attached hydrogens (tertiary/aromatic N) is 4. The molecular weight excluding hydrogens is 282 g/mol. The molecule has 1 unspecified atom stereocenters. The van der Waals surface area contributed by atoms with E-state index in [0.29, 0.717) is 13.1 Å². The highest BCUT2D eigenvalue weighted by Gasteiger charge is 2.20. The number of rotatable bonds is 8. The van der Waals surface area contributed by atoms with Gasteiger partial charge in [-0.05, 0) is 10.8 Å². The van der Waals surface area contributed by atoms with Crippen molar-refractivity contribution in [3.63, 3.8) is 0 Å². The van der Waals surface area contributed by atoms with E-state index < -0.39 is 12.6 Å². The second-order valence-corrected chi connectivity index (χ2v) is 4.20. The lowest BCUT2D eigenvalue weighted by atomic mass is 10.1. The predicted octanol–water partition coefficient (Wildman–Crippen LogP) is 0.287. The summed E-state index contributed by atoms with van der Waals surface area (Å²) in [4.78, 5) is 0.277. The van der Waals surface area contributed by atoms with Crippen LogP contribution in [-0.4, -0.2) is 45.1 Å². The Hall–Kier alpha value is -1.97. The molecule has 1 atom stereocenters. The molecule has 3 N–H and O–H groups in total. The summed E-state index contributed by atoms with van der Waals surface area (Å²) in [5, 5.41) is 25.3. The van der Waals surface area contributed by atoms with Crippen LogP contribution in [0.4, 0.5) is 8.78 Å². The topological polar surface area (TPSA) is 87.9 Å². The van der Waals surface area contributed by atoms with E-state index in [1.165, 1.54) is 0 Å². The summed E-state index contributed by atoms with van der Waals surface area (Å²) in [5.74, 6) is 0.172. The van der Waals surface area contributed by atoms with E-state index >= 15 is 0 Å². The number of hydrogen-bond donors (Lipinski definition) is 3. The van der Waals surface area contributed by atoms with Crippen LogP contribution in [0.1, 0.15) is 24.0 Å². The lowest BCUT2D eigenvalue weighted by Gasteiger charge is -2.15. The number of tetrazole rings is 1. The number of benzene rings is 1. The number of alkyl halides is 2. The van der Waals surface area contributed by atoms with Gasteiger partial charge in [-0.25, -0.2) is 0 Å². The van der Waals surface area contributed by atoms with Crippen LogP contribution in [0.2, 0.25) is 0 Å². The van der Waals surface area contributed by atoms with Crippen molar-refractivity contribution in [2.75, 3.05) is 19.8 Å². The highest BCUT2D eigenvalue weighted by atomic mass is 19.3. The third-order valence-electron chi connectivity index (χ3n) is 2.77. The maximum Gasteiger partial charge on any atom is 0.350 e. The first-order valence-electron chi connectivity index (χ1n) is 6.40. The molecule has 0 aliphatic rings. The van der Waals surface area contributed by atoms with Gasteiger partial charge in [0.1, 0.15) is 0 Å². The standard InChI is InChI=1S/C12H16F2N6O/c13-12(14)20-18-11(17-19-20)10(16-7-6-15-8-21)9-4-2-1-3-5-9/h1-5,10,12,15-16,21H,6-8H2. The van der Waals surface area contributed by atoms with Crippen LogP contribution >= 0.6 is 0 Å². The quantitative estimate of drug-likeness (QED) is 0.479. The van der Waals surface area contributed by atoms with Gasteiger partial charge >= 0.3 is 6.55 Å². The van der Waals surface area contributed by atoms with Gasteiger partial charge in [-0.15, -0.1) is 10.2 Å². The fourth-order valence-corrected chi connectivity index (χ4v) is 1.82. The zero-order valence-electron chi connectivity index (χ0n) is 11.2. The number of aromatic nitrogens is 4. The van der Waals surface area contributed by atoms with Crippen molar-refractivity contribution >= 4 is 0 Å². The minimum Gasteiger partial charge on any atom is -0.381 e. The minimum atomic E-state index is -2.82. The largest absolute Gasteiger partial charge is 0.381 e. The van der Waals surface area contributed by atoms with Gasteiger partial charge in [0.25, 0.3) is 0 Å². The van der Waals surface area contributed by atoms with Crippen LogP contribution in [0.5, 0.6) is 0 Å². The second kappa shape index (κ2) is 7.72. The Morgan fingerprint density at radius 2 is 1.95 bits per heavy atom. The molecule has 0 aliphatic heterocycles. The molecule has 0 amide bonds. The number of nitrogens with one attached hydrogen (secondary N) is 2. The molecule has 9 heteroatoms. The van der Waals surface area contributed by atoms with E-state index in [1.54, 1.807) is 0 Å². The fraction of sp³-hybridized carbons (Fsp3) is 0.417. The molecule has 0 fully saturated rings. The summed E-state index contributed by atoms with van der Waals surface area (Å²) >= 11 is 0. The highest BCUT2D eigenvalue weighted by molar-refractivity contribution is 5.23. The van der Waals surface area contributed by atoms with Gasteiger partial charge in [-0.2, -0.15) is 8.78 Å². The monoisotopic (exact) mass is 298 g/mol. The highest BCUT2D eigenvalue weighted by Crippen LogP contribution is 2.18. The molecule has 0 radical (unpaired) electrons. The number of aliphatic hydroxyl groups excluding tert-OH is 1. The van der Waals surface area contributed by atoms with Crippen molar-refractivity contribution in [3.05, 3.63) is 41.7 Å². The molecule has 1 heterocycles. The van der Waals surface area contributed by atoms with Gasteiger partial charge < -0.3 is 10.4 Å². The number of halogens is 2. The van der Waals surface area contributed by atoms with Gasteiger partial charge in [0, 0.05) is 13.1 Å². The zero-order chi connectivity index (χ0) is 15.1. The van der Waals surface area contributed by atoms with Crippen molar-refractivity contribution in [2.24, 2.45) is 0 Å². The van der Waals surface area contributed by atoms with Crippen molar-refractivity contribution in [1.29, 1.82) is 0 Å². The average Bonchev–Trinajstić information content (AvgIpc) is 2.98. The molecule has 114 valence electrons. The lowest BCUT2D eigenvalue weighted by molar-refractivity contribution is 0.0393. The molecule has 0 spiro atoms. The zero-order valence-corrected chi connectivity index (χ0v) is 11.2. The Bertz CT molecular complexity index is 536. The van der Waals surface area contributed by atoms with Crippen LogP contribution in [0.15, 0.2) is 30.3 Å². The first-order chi connectivity index (χ1) is 10.2.